The van der Waals surface area contributed by atoms with Crippen LogP contribution in [0.3, 0.4) is 0 Å². The predicted molar refractivity (Wildman–Crippen MR) is 114 cm³/mol. The van der Waals surface area contributed by atoms with Gasteiger partial charge in [0, 0.05) is 30.4 Å². The number of rotatable bonds is 4. The first-order valence-electron chi connectivity index (χ1n) is 9.74. The second kappa shape index (κ2) is 7.30. The van der Waals surface area contributed by atoms with Gasteiger partial charge in [0.15, 0.2) is 9.84 Å². The molecular formula is C22H25N3O3S. The minimum Gasteiger partial charge on any atom is -0.337 e. The summed E-state index contributed by atoms with van der Waals surface area (Å²) in [7, 11) is -1.19. The molecule has 29 heavy (non-hydrogen) atoms. The number of hydrogen-bond donors (Lipinski definition) is 0. The number of aromatic nitrogens is 2. The van der Waals surface area contributed by atoms with Crippen molar-refractivity contribution in [1.82, 2.24) is 14.7 Å². The van der Waals surface area contributed by atoms with Gasteiger partial charge in [-0.1, -0.05) is 30.3 Å². The van der Waals surface area contributed by atoms with Gasteiger partial charge in [-0.3, -0.25) is 9.48 Å². The minimum atomic E-state index is -2.98. The summed E-state index contributed by atoms with van der Waals surface area (Å²) in [5.74, 6) is 0.303. The Balaban J connectivity index is 1.56. The molecule has 0 bridgehead atoms. The number of fused-ring (bicyclic) bond motifs is 1. The van der Waals surface area contributed by atoms with Crippen molar-refractivity contribution < 1.29 is 13.2 Å². The smallest absolute Gasteiger partial charge is 0.253 e. The first kappa shape index (κ1) is 19.6. The summed E-state index contributed by atoms with van der Waals surface area (Å²) in [5, 5.41) is 6.74. The summed E-state index contributed by atoms with van der Waals surface area (Å²) < 4.78 is 25.5. The van der Waals surface area contributed by atoms with E-state index in [1.165, 1.54) is 0 Å². The van der Waals surface area contributed by atoms with E-state index in [9.17, 15) is 13.2 Å². The second-order valence-corrected chi connectivity index (χ2v) is 10.1. The lowest BCUT2D eigenvalue weighted by Gasteiger charge is -2.18. The van der Waals surface area contributed by atoms with Crippen molar-refractivity contribution in [2.75, 3.05) is 18.6 Å². The summed E-state index contributed by atoms with van der Waals surface area (Å²) in [4.78, 5) is 14.7. The Labute approximate surface area is 171 Å². The van der Waals surface area contributed by atoms with Crippen molar-refractivity contribution in [2.45, 2.75) is 32.9 Å². The average molecular weight is 412 g/mol. The van der Waals surface area contributed by atoms with E-state index in [1.54, 1.807) is 11.9 Å². The Morgan fingerprint density at radius 1 is 1.17 bits per heavy atom. The Hall–Kier alpha value is -2.67. The van der Waals surface area contributed by atoms with Gasteiger partial charge in [0.25, 0.3) is 5.91 Å². The van der Waals surface area contributed by atoms with Crippen LogP contribution >= 0.6 is 0 Å². The number of amides is 1. The van der Waals surface area contributed by atoms with E-state index in [4.69, 9.17) is 0 Å². The third-order valence-electron chi connectivity index (χ3n) is 5.77. The maximum atomic E-state index is 13.0. The summed E-state index contributed by atoms with van der Waals surface area (Å²) in [6, 6.07) is 13.6. The Bertz CT molecular complexity index is 1200. The first-order valence-corrected chi connectivity index (χ1v) is 11.6. The van der Waals surface area contributed by atoms with Crippen molar-refractivity contribution >= 4 is 26.5 Å². The van der Waals surface area contributed by atoms with Gasteiger partial charge >= 0.3 is 0 Å². The number of benzene rings is 2. The fourth-order valence-electron chi connectivity index (χ4n) is 4.10. The van der Waals surface area contributed by atoms with E-state index in [0.717, 1.165) is 27.7 Å². The van der Waals surface area contributed by atoms with Gasteiger partial charge in [-0.2, -0.15) is 5.10 Å². The quantitative estimate of drug-likeness (QED) is 0.660. The first-order chi connectivity index (χ1) is 13.7. The van der Waals surface area contributed by atoms with E-state index < -0.39 is 9.84 Å². The van der Waals surface area contributed by atoms with Crippen LogP contribution in [0.25, 0.3) is 10.8 Å². The lowest BCUT2D eigenvalue weighted by molar-refractivity contribution is 0.0785. The molecule has 1 fully saturated rings. The molecule has 1 aromatic heterocycles. The zero-order chi connectivity index (χ0) is 20.8. The van der Waals surface area contributed by atoms with Crippen LogP contribution in [0.1, 0.15) is 39.8 Å². The fraction of sp³-hybridized carbons (Fsp3) is 0.364. The molecule has 4 rings (SSSR count). The summed E-state index contributed by atoms with van der Waals surface area (Å²) in [6.07, 6.45) is 0.593. The van der Waals surface area contributed by atoms with Crippen LogP contribution in [0.15, 0.2) is 42.5 Å². The van der Waals surface area contributed by atoms with Crippen LogP contribution in [-0.4, -0.2) is 47.6 Å². The highest BCUT2D eigenvalue weighted by molar-refractivity contribution is 7.91. The van der Waals surface area contributed by atoms with Crippen LogP contribution < -0.4 is 0 Å². The molecule has 0 N–H and O–H groups in total. The third kappa shape index (κ3) is 3.79. The molecule has 2 heterocycles. The largest absolute Gasteiger partial charge is 0.337 e. The Morgan fingerprint density at radius 3 is 2.59 bits per heavy atom. The highest BCUT2D eigenvalue weighted by Crippen LogP contribution is 2.27. The molecular weight excluding hydrogens is 386 g/mol. The topological polar surface area (TPSA) is 72.3 Å². The van der Waals surface area contributed by atoms with Crippen LogP contribution in [0.5, 0.6) is 0 Å². The van der Waals surface area contributed by atoms with Crippen LogP contribution in [0.4, 0.5) is 0 Å². The summed E-state index contributed by atoms with van der Waals surface area (Å²) in [6.45, 7) is 4.30. The standard InChI is InChI=1S/C22H25N3O3S/c1-15-21(16(2)25(23-15)20-10-11-29(27,28)14-20)13-24(3)22(26)19-9-8-17-6-4-5-7-18(17)12-19/h4-9,12,20H,10-11,13-14H2,1-3H3/t20-/m0/s1. The molecule has 6 nitrogen and oxygen atoms in total. The zero-order valence-electron chi connectivity index (χ0n) is 16.9. The van der Waals surface area contributed by atoms with E-state index >= 15 is 0 Å². The van der Waals surface area contributed by atoms with Gasteiger partial charge in [-0.05, 0) is 43.2 Å². The molecule has 2 aromatic carbocycles. The number of carbonyl (C=O) groups is 1. The number of hydrogen-bond acceptors (Lipinski definition) is 4. The SMILES string of the molecule is Cc1nn([C@H]2CCS(=O)(=O)C2)c(C)c1CN(C)C(=O)c1ccc2ccccc2c1. The van der Waals surface area contributed by atoms with Gasteiger partial charge in [0.2, 0.25) is 0 Å². The predicted octanol–water partition coefficient (Wildman–Crippen LogP) is 3.28. The molecule has 7 heteroatoms. The van der Waals surface area contributed by atoms with Gasteiger partial charge in [0.1, 0.15) is 0 Å². The average Bonchev–Trinajstić information content (AvgIpc) is 3.20. The maximum Gasteiger partial charge on any atom is 0.253 e. The van der Waals surface area contributed by atoms with Crippen LogP contribution in [0, 0.1) is 13.8 Å². The maximum absolute atomic E-state index is 13.0. The van der Waals surface area contributed by atoms with Gasteiger partial charge < -0.3 is 4.90 Å². The molecule has 0 unspecified atom stereocenters. The Morgan fingerprint density at radius 2 is 1.90 bits per heavy atom. The van der Waals surface area contributed by atoms with E-state index in [0.29, 0.717) is 18.5 Å². The van der Waals surface area contributed by atoms with Crippen molar-refractivity contribution in [1.29, 1.82) is 0 Å². The normalized spacial score (nSPS) is 18.2. The third-order valence-corrected chi connectivity index (χ3v) is 7.52. The van der Waals surface area contributed by atoms with Crippen LogP contribution in [0.2, 0.25) is 0 Å². The summed E-state index contributed by atoms with van der Waals surface area (Å²) >= 11 is 0. The van der Waals surface area contributed by atoms with Gasteiger partial charge in [-0.15, -0.1) is 0 Å². The van der Waals surface area contributed by atoms with Crippen LogP contribution in [-0.2, 0) is 16.4 Å². The Kier molecular flexibility index (Phi) is 4.94. The highest BCUT2D eigenvalue weighted by atomic mass is 32.2. The number of carbonyl (C=O) groups excluding carboxylic acids is 1. The summed E-state index contributed by atoms with van der Waals surface area (Å²) in [5.41, 5.74) is 3.40. The molecule has 1 aliphatic heterocycles. The number of aryl methyl sites for hydroxylation is 1. The second-order valence-electron chi connectivity index (χ2n) is 7.87. The molecule has 0 aliphatic carbocycles. The molecule has 1 saturated heterocycles. The molecule has 152 valence electrons. The molecule has 0 radical (unpaired) electrons. The molecule has 1 amide bonds. The molecule has 0 spiro atoms. The molecule has 0 saturated carbocycles. The van der Waals surface area contributed by atoms with E-state index in [2.05, 4.69) is 5.10 Å². The van der Waals surface area contributed by atoms with Crippen molar-refractivity contribution in [3.05, 3.63) is 65.0 Å². The minimum absolute atomic E-state index is 0.0502. The zero-order valence-corrected chi connectivity index (χ0v) is 17.7. The highest BCUT2D eigenvalue weighted by Gasteiger charge is 2.31. The number of nitrogens with zero attached hydrogens (tertiary/aromatic N) is 3. The van der Waals surface area contributed by atoms with Gasteiger partial charge in [0.05, 0.1) is 23.2 Å². The lowest BCUT2D eigenvalue weighted by Crippen LogP contribution is -2.26. The van der Waals surface area contributed by atoms with Crippen molar-refractivity contribution in [3.63, 3.8) is 0 Å². The molecule has 1 atom stereocenters. The lowest BCUT2D eigenvalue weighted by atomic mass is 10.1. The van der Waals surface area contributed by atoms with Crippen molar-refractivity contribution in [3.8, 4) is 0 Å². The monoisotopic (exact) mass is 411 g/mol. The van der Waals surface area contributed by atoms with E-state index in [-0.39, 0.29) is 23.5 Å². The molecule has 1 aliphatic rings. The van der Waals surface area contributed by atoms with E-state index in [1.807, 2.05) is 61.0 Å². The van der Waals surface area contributed by atoms with Crippen molar-refractivity contribution in [2.24, 2.45) is 0 Å². The fourth-order valence-corrected chi connectivity index (χ4v) is 5.79. The van der Waals surface area contributed by atoms with Gasteiger partial charge in [-0.25, -0.2) is 8.42 Å². The number of sulfone groups is 1. The molecule has 3 aromatic rings.